The lowest BCUT2D eigenvalue weighted by atomic mass is 10.1. The molecule has 1 aliphatic carbocycles. The Bertz CT molecular complexity index is 537. The third-order valence-electron chi connectivity index (χ3n) is 3.58. The zero-order valence-electron chi connectivity index (χ0n) is 11.4. The minimum absolute atomic E-state index is 0. The summed E-state index contributed by atoms with van der Waals surface area (Å²) in [6.07, 6.45) is 2.35. The summed E-state index contributed by atoms with van der Waals surface area (Å²) in [5.41, 5.74) is 6.52. The van der Waals surface area contributed by atoms with Gasteiger partial charge in [-0.15, -0.1) is 12.4 Å². The maximum atomic E-state index is 12.1. The number of nitrogens with one attached hydrogen (secondary N) is 1. The standard InChI is InChI=1S/C14H17BrN2O3.ClH/c15-10-5-9(6-12-13(10)20-4-3-19-12)14(18)17-7-11(16)8-1-2-8;/h5-6,8,11H,1-4,7,16H2,(H,17,18);1H. The second kappa shape index (κ2) is 6.85. The molecule has 1 aliphatic heterocycles. The van der Waals surface area contributed by atoms with Crippen molar-refractivity contribution in [2.24, 2.45) is 11.7 Å². The van der Waals surface area contributed by atoms with E-state index in [0.29, 0.717) is 42.7 Å². The largest absolute Gasteiger partial charge is 0.486 e. The number of fused-ring (bicyclic) bond motifs is 1. The molecule has 1 unspecified atom stereocenters. The van der Waals surface area contributed by atoms with Gasteiger partial charge >= 0.3 is 0 Å². The molecule has 1 aromatic carbocycles. The van der Waals surface area contributed by atoms with Crippen LogP contribution in [0.3, 0.4) is 0 Å². The molecule has 0 spiro atoms. The van der Waals surface area contributed by atoms with E-state index in [0.717, 1.165) is 4.47 Å². The predicted molar refractivity (Wildman–Crippen MR) is 85.4 cm³/mol. The smallest absolute Gasteiger partial charge is 0.251 e. The summed E-state index contributed by atoms with van der Waals surface area (Å²) in [5, 5.41) is 2.87. The lowest BCUT2D eigenvalue weighted by Gasteiger charge is -2.20. The molecule has 116 valence electrons. The van der Waals surface area contributed by atoms with E-state index in [1.165, 1.54) is 12.8 Å². The zero-order chi connectivity index (χ0) is 14.1. The van der Waals surface area contributed by atoms with E-state index in [2.05, 4.69) is 21.2 Å². The van der Waals surface area contributed by atoms with Gasteiger partial charge in [0, 0.05) is 18.2 Å². The van der Waals surface area contributed by atoms with Crippen molar-refractivity contribution in [3.8, 4) is 11.5 Å². The summed E-state index contributed by atoms with van der Waals surface area (Å²) in [6.45, 7) is 1.53. The van der Waals surface area contributed by atoms with Crippen molar-refractivity contribution >= 4 is 34.2 Å². The topological polar surface area (TPSA) is 73.6 Å². The Balaban J connectivity index is 0.00000161. The van der Waals surface area contributed by atoms with Crippen LogP contribution in [0.25, 0.3) is 0 Å². The van der Waals surface area contributed by atoms with Crippen molar-refractivity contribution in [2.75, 3.05) is 19.8 Å². The molecule has 0 saturated heterocycles. The van der Waals surface area contributed by atoms with Crippen LogP contribution in [0, 0.1) is 5.92 Å². The molecule has 0 bridgehead atoms. The molecule has 1 atom stereocenters. The maximum absolute atomic E-state index is 12.1. The number of carbonyl (C=O) groups is 1. The number of nitrogens with two attached hydrogens (primary N) is 1. The van der Waals surface area contributed by atoms with Crippen LogP contribution in [-0.4, -0.2) is 31.7 Å². The van der Waals surface area contributed by atoms with Gasteiger partial charge in [0.15, 0.2) is 11.5 Å². The third kappa shape index (κ3) is 3.81. The number of amides is 1. The van der Waals surface area contributed by atoms with E-state index in [9.17, 15) is 4.79 Å². The monoisotopic (exact) mass is 376 g/mol. The molecule has 1 amide bonds. The number of benzene rings is 1. The molecule has 5 nitrogen and oxygen atoms in total. The fourth-order valence-corrected chi connectivity index (χ4v) is 2.80. The molecule has 1 aromatic rings. The van der Waals surface area contributed by atoms with Gasteiger partial charge in [-0.1, -0.05) is 0 Å². The first-order valence-electron chi connectivity index (χ1n) is 6.78. The van der Waals surface area contributed by atoms with E-state index in [1.54, 1.807) is 12.1 Å². The van der Waals surface area contributed by atoms with E-state index in [-0.39, 0.29) is 24.4 Å². The van der Waals surface area contributed by atoms with Gasteiger partial charge < -0.3 is 20.5 Å². The number of hydrogen-bond donors (Lipinski definition) is 2. The number of rotatable bonds is 4. The number of hydrogen-bond acceptors (Lipinski definition) is 4. The van der Waals surface area contributed by atoms with Gasteiger partial charge in [0.2, 0.25) is 0 Å². The van der Waals surface area contributed by atoms with E-state index < -0.39 is 0 Å². The van der Waals surface area contributed by atoms with Gasteiger partial charge in [0.25, 0.3) is 5.91 Å². The highest BCUT2D eigenvalue weighted by Gasteiger charge is 2.28. The van der Waals surface area contributed by atoms with Crippen LogP contribution in [0.15, 0.2) is 16.6 Å². The van der Waals surface area contributed by atoms with E-state index in [4.69, 9.17) is 15.2 Å². The van der Waals surface area contributed by atoms with Gasteiger partial charge in [-0.2, -0.15) is 0 Å². The van der Waals surface area contributed by atoms with Crippen LogP contribution >= 0.6 is 28.3 Å². The van der Waals surface area contributed by atoms with Gasteiger partial charge in [-0.05, 0) is 46.8 Å². The number of carbonyl (C=O) groups excluding carboxylic acids is 1. The molecule has 1 fully saturated rings. The molecule has 1 saturated carbocycles. The molecule has 3 rings (SSSR count). The molecule has 1 heterocycles. The highest BCUT2D eigenvalue weighted by molar-refractivity contribution is 9.10. The second-order valence-electron chi connectivity index (χ2n) is 5.19. The summed E-state index contributed by atoms with van der Waals surface area (Å²) in [7, 11) is 0. The van der Waals surface area contributed by atoms with Gasteiger partial charge in [-0.3, -0.25) is 4.79 Å². The van der Waals surface area contributed by atoms with Crippen molar-refractivity contribution < 1.29 is 14.3 Å². The Kier molecular flexibility index (Phi) is 5.35. The minimum atomic E-state index is -0.140. The molecule has 0 radical (unpaired) electrons. The Morgan fingerprint density at radius 3 is 2.81 bits per heavy atom. The van der Waals surface area contributed by atoms with Crippen LogP contribution in [0.4, 0.5) is 0 Å². The molecule has 3 N–H and O–H groups in total. The summed E-state index contributed by atoms with van der Waals surface area (Å²) in [5.74, 6) is 1.69. The van der Waals surface area contributed by atoms with Crippen LogP contribution in [0.5, 0.6) is 11.5 Å². The first kappa shape index (κ1) is 16.4. The fraction of sp³-hybridized carbons (Fsp3) is 0.500. The first-order valence-corrected chi connectivity index (χ1v) is 7.57. The van der Waals surface area contributed by atoms with Crippen molar-refractivity contribution in [1.82, 2.24) is 5.32 Å². The Labute approximate surface area is 138 Å². The number of halogens is 2. The average Bonchev–Trinajstić information content (AvgIpc) is 3.29. The zero-order valence-corrected chi connectivity index (χ0v) is 13.8. The summed E-state index contributed by atoms with van der Waals surface area (Å²) in [4.78, 5) is 12.1. The second-order valence-corrected chi connectivity index (χ2v) is 6.05. The highest BCUT2D eigenvalue weighted by atomic mass is 79.9. The predicted octanol–water partition coefficient (Wildman–Crippen LogP) is 2.11. The average molecular weight is 378 g/mol. The number of ether oxygens (including phenoxy) is 2. The Morgan fingerprint density at radius 2 is 2.10 bits per heavy atom. The van der Waals surface area contributed by atoms with Crippen molar-refractivity contribution in [3.63, 3.8) is 0 Å². The SMILES string of the molecule is Cl.NC(CNC(=O)c1cc(Br)c2c(c1)OCCO2)C1CC1. The molecule has 0 aromatic heterocycles. The van der Waals surface area contributed by atoms with Gasteiger partial charge in [-0.25, -0.2) is 0 Å². The van der Waals surface area contributed by atoms with Gasteiger partial charge in [0.05, 0.1) is 4.47 Å². The fourth-order valence-electron chi connectivity index (χ4n) is 2.25. The molecule has 2 aliphatic rings. The molecular weight excluding hydrogens is 360 g/mol. The van der Waals surface area contributed by atoms with Crippen LogP contribution < -0.4 is 20.5 Å². The summed E-state index contributed by atoms with van der Waals surface area (Å²) in [6, 6.07) is 3.50. The van der Waals surface area contributed by atoms with Gasteiger partial charge in [0.1, 0.15) is 13.2 Å². The van der Waals surface area contributed by atoms with Crippen LogP contribution in [0.1, 0.15) is 23.2 Å². The molecular formula is C14H18BrClN2O3. The molecule has 7 heteroatoms. The minimum Gasteiger partial charge on any atom is -0.486 e. The Morgan fingerprint density at radius 1 is 1.38 bits per heavy atom. The normalized spacial score (nSPS) is 17.6. The Hall–Kier alpha value is -0.980. The summed E-state index contributed by atoms with van der Waals surface area (Å²) < 4.78 is 11.7. The maximum Gasteiger partial charge on any atom is 0.251 e. The lowest BCUT2D eigenvalue weighted by Crippen LogP contribution is -2.38. The first-order chi connectivity index (χ1) is 9.65. The third-order valence-corrected chi connectivity index (χ3v) is 4.17. The van der Waals surface area contributed by atoms with E-state index in [1.807, 2.05) is 0 Å². The van der Waals surface area contributed by atoms with Crippen molar-refractivity contribution in [1.29, 1.82) is 0 Å². The van der Waals surface area contributed by atoms with Crippen LogP contribution in [-0.2, 0) is 0 Å². The van der Waals surface area contributed by atoms with Crippen LogP contribution in [0.2, 0.25) is 0 Å². The van der Waals surface area contributed by atoms with Crippen molar-refractivity contribution in [3.05, 3.63) is 22.2 Å². The highest BCUT2D eigenvalue weighted by Crippen LogP contribution is 2.38. The van der Waals surface area contributed by atoms with Crippen molar-refractivity contribution in [2.45, 2.75) is 18.9 Å². The molecule has 21 heavy (non-hydrogen) atoms. The lowest BCUT2D eigenvalue weighted by molar-refractivity contribution is 0.0949. The summed E-state index contributed by atoms with van der Waals surface area (Å²) >= 11 is 3.40. The quantitative estimate of drug-likeness (QED) is 0.843. The van der Waals surface area contributed by atoms with E-state index >= 15 is 0 Å².